The van der Waals surface area contributed by atoms with Gasteiger partial charge in [-0.3, -0.25) is 4.79 Å². The Bertz CT molecular complexity index is 346. The van der Waals surface area contributed by atoms with Gasteiger partial charge in [-0.1, -0.05) is 22.9 Å². The monoisotopic (exact) mass is 285 g/mol. The first kappa shape index (κ1) is 11.7. The summed E-state index contributed by atoms with van der Waals surface area (Å²) < 4.78 is 5.30. The van der Waals surface area contributed by atoms with Crippen molar-refractivity contribution in [3.05, 3.63) is 24.2 Å². The molecule has 1 heterocycles. The minimum atomic E-state index is -0.0666. The summed E-state index contributed by atoms with van der Waals surface area (Å²) in [5.74, 6) is 1.04. The van der Waals surface area contributed by atoms with Gasteiger partial charge < -0.3 is 9.32 Å². The molecule has 0 saturated heterocycles. The van der Waals surface area contributed by atoms with Crippen LogP contribution in [0, 0.1) is 0 Å². The second kappa shape index (κ2) is 5.04. The summed E-state index contributed by atoms with van der Waals surface area (Å²) in [4.78, 5) is 14.0. The van der Waals surface area contributed by atoms with E-state index in [-0.39, 0.29) is 10.7 Å². The molecule has 16 heavy (non-hydrogen) atoms. The van der Waals surface area contributed by atoms with Gasteiger partial charge in [-0.2, -0.15) is 0 Å². The zero-order valence-corrected chi connectivity index (χ0v) is 10.9. The largest absolute Gasteiger partial charge is 0.467 e. The molecule has 0 aromatic carbocycles. The minimum Gasteiger partial charge on any atom is -0.467 e. The molecule has 1 saturated carbocycles. The number of rotatable bonds is 5. The lowest BCUT2D eigenvalue weighted by molar-refractivity contribution is -0.132. The summed E-state index contributed by atoms with van der Waals surface area (Å²) in [6, 6.07) is 4.19. The Kier molecular flexibility index (Phi) is 3.69. The van der Waals surface area contributed by atoms with E-state index in [1.807, 2.05) is 24.0 Å². The van der Waals surface area contributed by atoms with E-state index in [0.717, 1.165) is 25.0 Å². The first-order valence-corrected chi connectivity index (χ1v) is 6.61. The Morgan fingerprint density at radius 1 is 1.69 bits per heavy atom. The van der Waals surface area contributed by atoms with E-state index in [1.54, 1.807) is 6.26 Å². The molecule has 0 bridgehead atoms. The fourth-order valence-electron chi connectivity index (χ4n) is 1.70. The normalized spacial score (nSPS) is 17.1. The third-order valence-electron chi connectivity index (χ3n) is 2.80. The van der Waals surface area contributed by atoms with Gasteiger partial charge in [0.1, 0.15) is 5.76 Å². The number of carbonyl (C=O) groups is 1. The topological polar surface area (TPSA) is 33.5 Å². The fourth-order valence-corrected chi connectivity index (χ4v) is 1.96. The van der Waals surface area contributed by atoms with Crippen LogP contribution >= 0.6 is 15.9 Å². The van der Waals surface area contributed by atoms with Gasteiger partial charge in [0.15, 0.2) is 0 Å². The lowest BCUT2D eigenvalue weighted by Gasteiger charge is -2.23. The molecular formula is C12H16BrNO2. The Labute approximate surface area is 104 Å². The number of halogens is 1. The van der Waals surface area contributed by atoms with Crippen LogP contribution in [-0.4, -0.2) is 21.7 Å². The summed E-state index contributed by atoms with van der Waals surface area (Å²) in [7, 11) is 0. The van der Waals surface area contributed by atoms with E-state index < -0.39 is 0 Å². The van der Waals surface area contributed by atoms with Crippen molar-refractivity contribution >= 4 is 21.8 Å². The first-order chi connectivity index (χ1) is 7.72. The number of amides is 1. The lowest BCUT2D eigenvalue weighted by atomic mass is 10.2. The summed E-state index contributed by atoms with van der Waals surface area (Å²) in [5.41, 5.74) is 0. The van der Waals surface area contributed by atoms with Crippen molar-refractivity contribution < 1.29 is 9.21 Å². The Hall–Kier alpha value is -0.770. The SMILES string of the molecule is CCC(Br)C(=O)N(Cc1ccco1)C1CC1. The van der Waals surface area contributed by atoms with E-state index in [1.165, 1.54) is 0 Å². The average Bonchev–Trinajstić information content (AvgIpc) is 3.01. The second-order valence-electron chi connectivity index (χ2n) is 4.15. The third-order valence-corrected chi connectivity index (χ3v) is 3.84. The summed E-state index contributed by atoms with van der Waals surface area (Å²) >= 11 is 3.42. The maximum Gasteiger partial charge on any atom is 0.236 e. The van der Waals surface area contributed by atoms with Crippen LogP contribution in [-0.2, 0) is 11.3 Å². The van der Waals surface area contributed by atoms with Gasteiger partial charge in [-0.25, -0.2) is 0 Å². The van der Waals surface area contributed by atoms with Crippen LogP contribution in [0.15, 0.2) is 22.8 Å². The second-order valence-corrected chi connectivity index (χ2v) is 5.26. The molecule has 4 heteroatoms. The zero-order chi connectivity index (χ0) is 11.5. The number of alkyl halides is 1. The highest BCUT2D eigenvalue weighted by molar-refractivity contribution is 9.10. The Balaban J connectivity index is 2.02. The standard InChI is InChI=1S/C12H16BrNO2/c1-2-11(13)12(15)14(9-5-6-9)8-10-4-3-7-16-10/h3-4,7,9,11H,2,5-6,8H2,1H3. The molecule has 0 spiro atoms. The van der Waals surface area contributed by atoms with E-state index in [9.17, 15) is 4.79 Å². The molecule has 1 fully saturated rings. The van der Waals surface area contributed by atoms with Crippen molar-refractivity contribution in [2.24, 2.45) is 0 Å². The molecule has 0 N–H and O–H groups in total. The lowest BCUT2D eigenvalue weighted by Crippen LogP contribution is -2.37. The predicted molar refractivity (Wildman–Crippen MR) is 65.3 cm³/mol. The highest BCUT2D eigenvalue weighted by atomic mass is 79.9. The number of nitrogens with zero attached hydrogens (tertiary/aromatic N) is 1. The Morgan fingerprint density at radius 3 is 2.94 bits per heavy atom. The molecule has 2 rings (SSSR count). The van der Waals surface area contributed by atoms with Gasteiger partial charge in [0, 0.05) is 6.04 Å². The van der Waals surface area contributed by atoms with E-state index in [0.29, 0.717) is 12.6 Å². The van der Waals surface area contributed by atoms with Crippen molar-refractivity contribution in [1.82, 2.24) is 4.90 Å². The molecule has 3 nitrogen and oxygen atoms in total. The molecule has 1 atom stereocenters. The van der Waals surface area contributed by atoms with Crippen LogP contribution in [0.5, 0.6) is 0 Å². The molecule has 88 valence electrons. The van der Waals surface area contributed by atoms with Crippen molar-refractivity contribution in [2.45, 2.75) is 43.6 Å². The predicted octanol–water partition coefficient (Wildman–Crippen LogP) is 2.94. The summed E-state index contributed by atoms with van der Waals surface area (Å²) in [6.45, 7) is 2.61. The molecule has 1 aliphatic carbocycles. The third kappa shape index (κ3) is 2.67. The van der Waals surface area contributed by atoms with E-state index >= 15 is 0 Å². The highest BCUT2D eigenvalue weighted by Gasteiger charge is 2.34. The summed E-state index contributed by atoms with van der Waals surface area (Å²) in [6.07, 6.45) is 4.71. The quantitative estimate of drug-likeness (QED) is 0.780. The first-order valence-electron chi connectivity index (χ1n) is 5.69. The number of furan rings is 1. The van der Waals surface area contributed by atoms with Crippen LogP contribution in [0.3, 0.4) is 0 Å². The highest BCUT2D eigenvalue weighted by Crippen LogP contribution is 2.30. The maximum atomic E-state index is 12.1. The number of hydrogen-bond donors (Lipinski definition) is 0. The fraction of sp³-hybridized carbons (Fsp3) is 0.583. The molecule has 0 aliphatic heterocycles. The van der Waals surface area contributed by atoms with Crippen molar-refractivity contribution in [2.75, 3.05) is 0 Å². The molecule has 1 aliphatic rings. The average molecular weight is 286 g/mol. The zero-order valence-electron chi connectivity index (χ0n) is 9.36. The molecule has 1 aromatic rings. The number of carbonyl (C=O) groups excluding carboxylic acids is 1. The maximum absolute atomic E-state index is 12.1. The van der Waals surface area contributed by atoms with Gasteiger partial charge in [0.05, 0.1) is 17.6 Å². The van der Waals surface area contributed by atoms with Crippen molar-refractivity contribution in [3.63, 3.8) is 0 Å². The number of hydrogen-bond acceptors (Lipinski definition) is 2. The van der Waals surface area contributed by atoms with Gasteiger partial charge in [-0.05, 0) is 31.4 Å². The smallest absolute Gasteiger partial charge is 0.236 e. The molecule has 0 radical (unpaired) electrons. The Morgan fingerprint density at radius 2 is 2.44 bits per heavy atom. The van der Waals surface area contributed by atoms with Crippen LogP contribution in [0.2, 0.25) is 0 Å². The molecule has 1 amide bonds. The van der Waals surface area contributed by atoms with Gasteiger partial charge in [0.2, 0.25) is 5.91 Å². The minimum absolute atomic E-state index is 0.0666. The molecule has 1 unspecified atom stereocenters. The van der Waals surface area contributed by atoms with Crippen LogP contribution < -0.4 is 0 Å². The molecule has 1 aromatic heterocycles. The van der Waals surface area contributed by atoms with Crippen molar-refractivity contribution in [1.29, 1.82) is 0 Å². The van der Waals surface area contributed by atoms with Crippen LogP contribution in [0.4, 0.5) is 0 Å². The van der Waals surface area contributed by atoms with Crippen LogP contribution in [0.25, 0.3) is 0 Å². The summed E-state index contributed by atoms with van der Waals surface area (Å²) in [5, 5.41) is 0. The molecular weight excluding hydrogens is 270 g/mol. The van der Waals surface area contributed by atoms with Gasteiger partial charge >= 0.3 is 0 Å². The van der Waals surface area contributed by atoms with E-state index in [4.69, 9.17) is 4.42 Å². The van der Waals surface area contributed by atoms with Gasteiger partial charge in [-0.15, -0.1) is 0 Å². The van der Waals surface area contributed by atoms with Gasteiger partial charge in [0.25, 0.3) is 0 Å². The van der Waals surface area contributed by atoms with E-state index in [2.05, 4.69) is 15.9 Å². The van der Waals surface area contributed by atoms with Crippen molar-refractivity contribution in [3.8, 4) is 0 Å². The van der Waals surface area contributed by atoms with Crippen LogP contribution in [0.1, 0.15) is 31.9 Å².